The Bertz CT molecular complexity index is 978. The average Bonchev–Trinajstić information content (AvgIpc) is 2.64. The molecule has 0 aliphatic carbocycles. The summed E-state index contributed by atoms with van der Waals surface area (Å²) in [5.41, 5.74) is -0.101. The molecule has 0 saturated heterocycles. The average molecular weight is 361 g/mol. The third kappa shape index (κ3) is 3.64. The van der Waals surface area contributed by atoms with Crippen LogP contribution in [0.4, 0.5) is 34.6 Å². The van der Waals surface area contributed by atoms with Gasteiger partial charge in [-0.15, -0.1) is 0 Å². The molecule has 0 spiro atoms. The molecule has 26 heavy (non-hydrogen) atoms. The van der Waals surface area contributed by atoms with Crippen molar-refractivity contribution in [3.63, 3.8) is 0 Å². The number of hydrogen-bond acceptors (Lipinski definition) is 3. The summed E-state index contributed by atoms with van der Waals surface area (Å²) >= 11 is 0. The lowest BCUT2D eigenvalue weighted by Gasteiger charge is -2.10. The lowest BCUT2D eigenvalue weighted by molar-refractivity contribution is 0.102. The fourth-order valence-corrected chi connectivity index (χ4v) is 2.16. The number of amides is 1. The smallest absolute Gasteiger partial charge is 0.274 e. The number of aromatic nitrogens is 1. The van der Waals surface area contributed by atoms with Crippen LogP contribution in [0.25, 0.3) is 0 Å². The van der Waals surface area contributed by atoms with Crippen molar-refractivity contribution in [1.29, 1.82) is 0 Å². The molecule has 3 aromatic rings. The van der Waals surface area contributed by atoms with E-state index in [1.165, 1.54) is 36.5 Å². The predicted molar refractivity (Wildman–Crippen MR) is 88.2 cm³/mol. The molecule has 8 heteroatoms. The summed E-state index contributed by atoms with van der Waals surface area (Å²) in [4.78, 5) is 16.0. The second-order valence-corrected chi connectivity index (χ2v) is 5.21. The minimum atomic E-state index is -1.69. The number of carbonyl (C=O) groups is 1. The van der Waals surface area contributed by atoms with E-state index in [4.69, 9.17) is 0 Å². The highest BCUT2D eigenvalue weighted by Crippen LogP contribution is 2.22. The van der Waals surface area contributed by atoms with Crippen LogP contribution in [0.15, 0.2) is 54.7 Å². The number of anilines is 3. The van der Waals surface area contributed by atoms with E-state index in [1.807, 2.05) is 0 Å². The van der Waals surface area contributed by atoms with Crippen molar-refractivity contribution in [2.75, 3.05) is 10.6 Å². The van der Waals surface area contributed by atoms with Gasteiger partial charge >= 0.3 is 0 Å². The first kappa shape index (κ1) is 17.4. The predicted octanol–water partition coefficient (Wildman–Crippen LogP) is 4.63. The number of halogens is 4. The Morgan fingerprint density at radius 3 is 2.38 bits per heavy atom. The summed E-state index contributed by atoms with van der Waals surface area (Å²) in [7, 11) is 0. The summed E-state index contributed by atoms with van der Waals surface area (Å²) in [6.07, 6.45) is 1.29. The van der Waals surface area contributed by atoms with Gasteiger partial charge in [0, 0.05) is 11.9 Å². The van der Waals surface area contributed by atoms with Crippen LogP contribution in [-0.4, -0.2) is 10.9 Å². The van der Waals surface area contributed by atoms with E-state index in [2.05, 4.69) is 15.6 Å². The maximum Gasteiger partial charge on any atom is 0.274 e. The van der Waals surface area contributed by atoms with E-state index in [9.17, 15) is 22.4 Å². The molecule has 3 rings (SSSR count). The summed E-state index contributed by atoms with van der Waals surface area (Å²) in [6, 6.07) is 10.3. The van der Waals surface area contributed by atoms with Gasteiger partial charge in [0.2, 0.25) is 0 Å². The van der Waals surface area contributed by atoms with Crippen molar-refractivity contribution in [1.82, 2.24) is 4.98 Å². The fourth-order valence-electron chi connectivity index (χ4n) is 2.16. The van der Waals surface area contributed by atoms with Gasteiger partial charge in [-0.1, -0.05) is 12.1 Å². The monoisotopic (exact) mass is 361 g/mol. The number of benzene rings is 2. The Hall–Kier alpha value is -3.42. The highest BCUT2D eigenvalue weighted by Gasteiger charge is 2.17. The van der Waals surface area contributed by atoms with Gasteiger partial charge in [0.1, 0.15) is 11.5 Å². The largest absolute Gasteiger partial charge is 0.353 e. The Kier molecular flexibility index (Phi) is 4.83. The maximum absolute atomic E-state index is 13.7. The molecular weight excluding hydrogens is 350 g/mol. The van der Waals surface area contributed by atoms with E-state index >= 15 is 0 Å². The van der Waals surface area contributed by atoms with Gasteiger partial charge in [-0.3, -0.25) is 9.78 Å². The minimum Gasteiger partial charge on any atom is -0.353 e. The van der Waals surface area contributed by atoms with Crippen molar-refractivity contribution in [2.45, 2.75) is 0 Å². The van der Waals surface area contributed by atoms with Crippen LogP contribution in [0.2, 0.25) is 0 Å². The number of para-hydroxylation sites is 1. The third-order valence-electron chi connectivity index (χ3n) is 3.43. The van der Waals surface area contributed by atoms with E-state index in [-0.39, 0.29) is 11.4 Å². The van der Waals surface area contributed by atoms with Crippen LogP contribution in [-0.2, 0) is 0 Å². The van der Waals surface area contributed by atoms with Crippen LogP contribution in [0, 0.1) is 23.3 Å². The highest BCUT2D eigenvalue weighted by atomic mass is 19.2. The molecule has 0 atom stereocenters. The number of pyridine rings is 1. The lowest BCUT2D eigenvalue weighted by atomic mass is 10.2. The molecule has 1 aromatic heterocycles. The van der Waals surface area contributed by atoms with Gasteiger partial charge in [-0.2, -0.15) is 0 Å². The molecule has 4 nitrogen and oxygen atoms in total. The van der Waals surface area contributed by atoms with Gasteiger partial charge in [-0.05, 0) is 36.4 Å². The molecule has 0 aliphatic rings. The fraction of sp³-hybridized carbons (Fsp3) is 0. The van der Waals surface area contributed by atoms with E-state index in [1.54, 1.807) is 6.07 Å². The molecule has 0 unspecified atom stereocenters. The van der Waals surface area contributed by atoms with E-state index in [0.29, 0.717) is 11.8 Å². The second kappa shape index (κ2) is 7.22. The maximum atomic E-state index is 13.7. The van der Waals surface area contributed by atoms with Gasteiger partial charge in [-0.25, -0.2) is 17.6 Å². The zero-order chi connectivity index (χ0) is 18.7. The van der Waals surface area contributed by atoms with Gasteiger partial charge in [0.25, 0.3) is 5.91 Å². The van der Waals surface area contributed by atoms with Crippen molar-refractivity contribution in [3.05, 3.63) is 83.7 Å². The summed E-state index contributed by atoms with van der Waals surface area (Å²) < 4.78 is 53.5. The molecule has 0 aliphatic heterocycles. The van der Waals surface area contributed by atoms with Gasteiger partial charge in [0.15, 0.2) is 17.5 Å². The molecular formula is C18H11F4N3O. The molecule has 132 valence electrons. The van der Waals surface area contributed by atoms with Crippen molar-refractivity contribution in [3.8, 4) is 0 Å². The summed E-state index contributed by atoms with van der Waals surface area (Å²) in [5.74, 6) is -5.90. The van der Waals surface area contributed by atoms with Crippen molar-refractivity contribution < 1.29 is 22.4 Å². The van der Waals surface area contributed by atoms with E-state index in [0.717, 1.165) is 6.07 Å². The van der Waals surface area contributed by atoms with Crippen molar-refractivity contribution >= 4 is 23.0 Å². The third-order valence-corrected chi connectivity index (χ3v) is 3.43. The summed E-state index contributed by atoms with van der Waals surface area (Å²) in [6.45, 7) is 0. The Balaban J connectivity index is 1.81. The van der Waals surface area contributed by atoms with Gasteiger partial charge in [0.05, 0.1) is 11.4 Å². The first-order chi connectivity index (χ1) is 12.5. The summed E-state index contributed by atoms with van der Waals surface area (Å²) in [5, 5.41) is 4.89. The highest BCUT2D eigenvalue weighted by molar-refractivity contribution is 6.03. The number of rotatable bonds is 4. The number of hydrogen-bond donors (Lipinski definition) is 2. The lowest BCUT2D eigenvalue weighted by Crippen LogP contribution is -2.15. The molecule has 1 heterocycles. The standard InChI is InChI=1S/C18H11F4N3O/c19-11-3-1-2-4-13(11)24-10-7-8-23-15(9-10)18(26)25-14-6-5-12(20)16(21)17(14)22/h1-9H,(H,23,24)(H,25,26). The number of carbonyl (C=O) groups excluding carboxylic acids is 1. The Morgan fingerprint density at radius 2 is 1.62 bits per heavy atom. The zero-order valence-electron chi connectivity index (χ0n) is 13.1. The molecule has 0 saturated carbocycles. The Labute approximate surface area is 145 Å². The minimum absolute atomic E-state index is 0.129. The number of nitrogens with one attached hydrogen (secondary N) is 2. The normalized spacial score (nSPS) is 10.5. The van der Waals surface area contributed by atoms with Crippen molar-refractivity contribution in [2.24, 2.45) is 0 Å². The second-order valence-electron chi connectivity index (χ2n) is 5.21. The van der Waals surface area contributed by atoms with E-state index < -0.39 is 34.9 Å². The first-order valence-electron chi connectivity index (χ1n) is 7.38. The molecule has 0 radical (unpaired) electrons. The SMILES string of the molecule is O=C(Nc1ccc(F)c(F)c1F)c1cc(Nc2ccccc2F)ccn1. The molecule has 0 bridgehead atoms. The van der Waals surface area contributed by atoms with Crippen LogP contribution in [0.5, 0.6) is 0 Å². The topological polar surface area (TPSA) is 54.0 Å². The molecule has 1 amide bonds. The first-order valence-corrected chi connectivity index (χ1v) is 7.38. The molecule has 0 fully saturated rings. The van der Waals surface area contributed by atoms with Crippen LogP contribution in [0.1, 0.15) is 10.5 Å². The number of nitrogens with zero attached hydrogens (tertiary/aromatic N) is 1. The van der Waals surface area contributed by atoms with Crippen LogP contribution < -0.4 is 10.6 Å². The zero-order valence-corrected chi connectivity index (χ0v) is 13.1. The molecule has 2 aromatic carbocycles. The quantitative estimate of drug-likeness (QED) is 0.526. The van der Waals surface area contributed by atoms with Gasteiger partial charge < -0.3 is 10.6 Å². The van der Waals surface area contributed by atoms with Crippen LogP contribution in [0.3, 0.4) is 0 Å². The molecule has 2 N–H and O–H groups in total. The Morgan fingerprint density at radius 1 is 0.846 bits per heavy atom. The van der Waals surface area contributed by atoms with Crippen LogP contribution >= 0.6 is 0 Å².